The number of likely N-dealkylation sites (tertiary alicyclic amines) is 1. The molecule has 36 heavy (non-hydrogen) atoms. The number of piperazine rings is 1. The van der Waals surface area contributed by atoms with Gasteiger partial charge in [0.05, 0.1) is 0 Å². The fourth-order valence-electron chi connectivity index (χ4n) is 6.05. The third-order valence-electron chi connectivity index (χ3n) is 7.89. The van der Waals surface area contributed by atoms with Crippen LogP contribution < -0.4 is 5.32 Å². The predicted molar refractivity (Wildman–Crippen MR) is 137 cm³/mol. The molecule has 0 radical (unpaired) electrons. The monoisotopic (exact) mass is 488 g/mol. The van der Waals surface area contributed by atoms with E-state index >= 15 is 0 Å². The lowest BCUT2D eigenvalue weighted by Gasteiger charge is -2.45. The van der Waals surface area contributed by atoms with Gasteiger partial charge in [-0.25, -0.2) is 0 Å². The third-order valence-corrected chi connectivity index (χ3v) is 7.89. The fourth-order valence-corrected chi connectivity index (χ4v) is 6.05. The molecule has 5 rings (SSSR count). The number of carbonyl (C=O) groups excluding carboxylic acids is 3. The van der Waals surface area contributed by atoms with Crippen molar-refractivity contribution in [2.24, 2.45) is 11.8 Å². The molecular formula is C29H36N4O3. The summed E-state index contributed by atoms with van der Waals surface area (Å²) in [7, 11) is 0. The lowest BCUT2D eigenvalue weighted by molar-refractivity contribution is -0.160. The molecule has 3 heterocycles. The number of benzene rings is 1. The highest BCUT2D eigenvalue weighted by atomic mass is 16.2. The summed E-state index contributed by atoms with van der Waals surface area (Å²) in [5.41, 5.74) is 3.97. The van der Waals surface area contributed by atoms with Gasteiger partial charge in [-0.1, -0.05) is 44.2 Å². The van der Waals surface area contributed by atoms with Gasteiger partial charge in [-0.2, -0.15) is 0 Å². The number of rotatable bonds is 6. The van der Waals surface area contributed by atoms with Gasteiger partial charge in [0.15, 0.2) is 0 Å². The smallest absolute Gasteiger partial charge is 0.250 e. The molecule has 3 aliphatic rings. The van der Waals surface area contributed by atoms with E-state index in [1.807, 2.05) is 49.9 Å². The number of pyridine rings is 1. The highest BCUT2D eigenvalue weighted by molar-refractivity contribution is 6.00. The van der Waals surface area contributed by atoms with Crippen LogP contribution in [-0.4, -0.2) is 57.7 Å². The Morgan fingerprint density at radius 2 is 1.72 bits per heavy atom. The van der Waals surface area contributed by atoms with Crippen molar-refractivity contribution in [3.8, 4) is 0 Å². The van der Waals surface area contributed by atoms with Gasteiger partial charge < -0.3 is 15.1 Å². The Morgan fingerprint density at radius 3 is 2.31 bits per heavy atom. The van der Waals surface area contributed by atoms with Gasteiger partial charge in [0.1, 0.15) is 18.1 Å². The molecule has 7 heteroatoms. The van der Waals surface area contributed by atoms with E-state index in [1.165, 1.54) is 11.1 Å². The molecule has 0 bridgehead atoms. The summed E-state index contributed by atoms with van der Waals surface area (Å²) in [6, 6.07) is 9.78. The second-order valence-corrected chi connectivity index (χ2v) is 11.0. The zero-order chi connectivity index (χ0) is 25.4. The molecule has 1 aliphatic carbocycles. The molecule has 0 saturated carbocycles. The first kappa shape index (κ1) is 24.5. The van der Waals surface area contributed by atoms with Crippen molar-refractivity contribution >= 4 is 17.7 Å². The molecule has 2 aromatic rings. The number of nitrogens with zero attached hydrogens (tertiary/aromatic N) is 3. The Labute approximate surface area is 213 Å². The van der Waals surface area contributed by atoms with Crippen LogP contribution in [0.4, 0.5) is 0 Å². The summed E-state index contributed by atoms with van der Waals surface area (Å²) in [4.78, 5) is 49.8. The average Bonchev–Trinajstić information content (AvgIpc) is 3.54. The maximum Gasteiger partial charge on any atom is 0.250 e. The van der Waals surface area contributed by atoms with E-state index in [2.05, 4.69) is 22.4 Å². The van der Waals surface area contributed by atoms with E-state index in [9.17, 15) is 14.4 Å². The van der Waals surface area contributed by atoms with Gasteiger partial charge in [0, 0.05) is 30.5 Å². The van der Waals surface area contributed by atoms with Gasteiger partial charge >= 0.3 is 0 Å². The van der Waals surface area contributed by atoms with Crippen molar-refractivity contribution in [2.75, 3.05) is 13.1 Å². The minimum absolute atomic E-state index is 0.0277. The Hall–Kier alpha value is -3.22. The van der Waals surface area contributed by atoms with Crippen LogP contribution in [0.25, 0.3) is 0 Å². The van der Waals surface area contributed by atoms with Crippen LogP contribution in [0, 0.1) is 18.8 Å². The number of fused-ring (bicyclic) bond motifs is 1. The zero-order valence-corrected chi connectivity index (χ0v) is 21.4. The highest BCUT2D eigenvalue weighted by Gasteiger charge is 2.50. The van der Waals surface area contributed by atoms with Crippen molar-refractivity contribution in [3.05, 3.63) is 65.0 Å². The van der Waals surface area contributed by atoms with Crippen LogP contribution in [-0.2, 0) is 27.2 Å². The normalized spacial score (nSPS) is 23.2. The molecule has 1 aromatic carbocycles. The lowest BCUT2D eigenvalue weighted by atomic mass is 9.88. The SMILES string of the molecule is Cc1ccc([C@H](C(=O)N2CCCC2)N2C(=O)[C@@H](C3Cc4ccccc4C3)NC(=O)[C@H]2CC(C)C)cn1. The first-order valence-corrected chi connectivity index (χ1v) is 13.2. The van der Waals surface area contributed by atoms with E-state index in [-0.39, 0.29) is 29.6 Å². The summed E-state index contributed by atoms with van der Waals surface area (Å²) in [6.45, 7) is 7.34. The maximum atomic E-state index is 14.3. The minimum atomic E-state index is -0.857. The molecule has 190 valence electrons. The van der Waals surface area contributed by atoms with Gasteiger partial charge in [-0.3, -0.25) is 19.4 Å². The number of aromatic nitrogens is 1. The first-order valence-electron chi connectivity index (χ1n) is 13.2. The van der Waals surface area contributed by atoms with Gasteiger partial charge in [0.2, 0.25) is 17.7 Å². The molecular weight excluding hydrogens is 452 g/mol. The summed E-state index contributed by atoms with van der Waals surface area (Å²) in [5, 5.41) is 3.08. The highest BCUT2D eigenvalue weighted by Crippen LogP contribution is 2.36. The predicted octanol–water partition coefficient (Wildman–Crippen LogP) is 3.21. The van der Waals surface area contributed by atoms with E-state index in [0.717, 1.165) is 31.4 Å². The number of hydrogen-bond acceptors (Lipinski definition) is 4. The van der Waals surface area contributed by atoms with Crippen LogP contribution in [0.1, 0.15) is 61.5 Å². The average molecular weight is 489 g/mol. The fraction of sp³-hybridized carbons (Fsp3) is 0.517. The standard InChI is InChI=1S/C29H36N4O3/c1-18(2)14-24-27(34)31-25(23-15-20-8-4-5-9-21(20)16-23)28(35)33(24)26(22-11-10-19(3)30-17-22)29(36)32-12-6-7-13-32/h4-5,8-11,17-18,23-26H,6-7,12-16H2,1-3H3,(H,31,34)/t24-,25-,26-/m1/s1. The zero-order valence-electron chi connectivity index (χ0n) is 21.4. The summed E-state index contributed by atoms with van der Waals surface area (Å²) in [5.74, 6) is -0.273. The van der Waals surface area contributed by atoms with Crippen LogP contribution in [0.2, 0.25) is 0 Å². The lowest BCUT2D eigenvalue weighted by Crippen LogP contribution is -2.67. The topological polar surface area (TPSA) is 82.6 Å². The second kappa shape index (κ2) is 10.0. The number of carbonyl (C=O) groups is 3. The molecule has 0 spiro atoms. The van der Waals surface area contributed by atoms with Gasteiger partial charge in [-0.15, -0.1) is 0 Å². The van der Waals surface area contributed by atoms with Crippen LogP contribution in [0.3, 0.4) is 0 Å². The molecule has 0 unspecified atom stereocenters. The number of aryl methyl sites for hydroxylation is 1. The second-order valence-electron chi connectivity index (χ2n) is 11.0. The molecule has 7 nitrogen and oxygen atoms in total. The molecule has 3 amide bonds. The maximum absolute atomic E-state index is 14.3. The summed E-state index contributed by atoms with van der Waals surface area (Å²) < 4.78 is 0. The first-order chi connectivity index (χ1) is 17.3. The number of nitrogens with one attached hydrogen (secondary N) is 1. The minimum Gasteiger partial charge on any atom is -0.342 e. The van der Waals surface area contributed by atoms with Crippen molar-refractivity contribution < 1.29 is 14.4 Å². The van der Waals surface area contributed by atoms with Gasteiger partial charge in [0.25, 0.3) is 0 Å². The Balaban J connectivity index is 1.54. The molecule has 2 aliphatic heterocycles. The van der Waals surface area contributed by atoms with Crippen molar-refractivity contribution in [3.63, 3.8) is 0 Å². The van der Waals surface area contributed by atoms with E-state index in [0.29, 0.717) is 25.1 Å². The third kappa shape index (κ3) is 4.63. The van der Waals surface area contributed by atoms with Crippen LogP contribution in [0.15, 0.2) is 42.6 Å². The van der Waals surface area contributed by atoms with Crippen molar-refractivity contribution in [1.29, 1.82) is 0 Å². The Bertz CT molecular complexity index is 1110. The van der Waals surface area contributed by atoms with Crippen LogP contribution >= 0.6 is 0 Å². The van der Waals surface area contributed by atoms with Gasteiger partial charge in [-0.05, 0) is 68.1 Å². The Kier molecular flexibility index (Phi) is 6.82. The molecule has 2 fully saturated rings. The number of amides is 3. The quantitative estimate of drug-likeness (QED) is 0.677. The van der Waals surface area contributed by atoms with E-state index in [1.54, 1.807) is 11.1 Å². The molecule has 1 N–H and O–H groups in total. The molecule has 2 saturated heterocycles. The van der Waals surface area contributed by atoms with Crippen LogP contribution in [0.5, 0.6) is 0 Å². The summed E-state index contributed by atoms with van der Waals surface area (Å²) >= 11 is 0. The molecule has 1 aromatic heterocycles. The van der Waals surface area contributed by atoms with E-state index < -0.39 is 18.1 Å². The Morgan fingerprint density at radius 1 is 1.06 bits per heavy atom. The van der Waals surface area contributed by atoms with E-state index in [4.69, 9.17) is 0 Å². The number of hydrogen-bond donors (Lipinski definition) is 1. The molecule has 3 atom stereocenters. The summed E-state index contributed by atoms with van der Waals surface area (Å²) in [6.07, 6.45) is 5.59. The van der Waals surface area contributed by atoms with Crippen molar-refractivity contribution in [1.82, 2.24) is 20.1 Å². The largest absolute Gasteiger partial charge is 0.342 e. The van der Waals surface area contributed by atoms with Crippen molar-refractivity contribution in [2.45, 2.75) is 71.0 Å².